The number of nitrogens with zero attached hydrogens (tertiary/aromatic N) is 2. The van der Waals surface area contributed by atoms with Crippen molar-refractivity contribution in [3.05, 3.63) is 17.5 Å². The first-order valence-electron chi connectivity index (χ1n) is 4.03. The van der Waals surface area contributed by atoms with Gasteiger partial charge in [0.25, 0.3) is 0 Å². The van der Waals surface area contributed by atoms with Crippen molar-refractivity contribution in [2.45, 2.75) is 18.4 Å². The minimum Gasteiger partial charge on any atom is -0.479 e. The van der Waals surface area contributed by atoms with E-state index >= 15 is 0 Å². The quantitative estimate of drug-likeness (QED) is 0.621. The first kappa shape index (κ1) is 8.25. The molecule has 2 N–H and O–H groups in total. The van der Waals surface area contributed by atoms with Gasteiger partial charge in [-0.15, -0.1) is 0 Å². The Morgan fingerprint density at radius 2 is 2.46 bits per heavy atom. The van der Waals surface area contributed by atoms with Crippen molar-refractivity contribution in [2.24, 2.45) is 7.05 Å². The molecule has 0 spiro atoms. The molecule has 0 aromatic carbocycles. The van der Waals surface area contributed by atoms with Crippen LogP contribution in [0.3, 0.4) is 0 Å². The third-order valence-electron chi connectivity index (χ3n) is 2.43. The Hall–Kier alpha value is -1.36. The predicted octanol–water partition coefficient (Wildman–Crippen LogP) is -0.361. The smallest absolute Gasteiger partial charge is 0.340 e. The van der Waals surface area contributed by atoms with E-state index in [-0.39, 0.29) is 6.42 Å². The summed E-state index contributed by atoms with van der Waals surface area (Å²) in [5.41, 5.74) is -0.598. The second kappa shape index (κ2) is 2.32. The maximum atomic E-state index is 10.8. The third kappa shape index (κ3) is 0.968. The van der Waals surface area contributed by atoms with Crippen molar-refractivity contribution in [2.75, 3.05) is 0 Å². The monoisotopic (exact) mass is 182 g/mol. The number of carboxylic acid groups (broad SMARTS) is 1. The highest BCUT2D eigenvalue weighted by molar-refractivity contribution is 5.80. The Morgan fingerprint density at radius 1 is 1.77 bits per heavy atom. The van der Waals surface area contributed by atoms with Crippen LogP contribution in [-0.2, 0) is 23.9 Å². The minimum atomic E-state index is -1.72. The van der Waals surface area contributed by atoms with Gasteiger partial charge in [0.2, 0.25) is 0 Å². The summed E-state index contributed by atoms with van der Waals surface area (Å²) < 4.78 is 1.53. The molecule has 1 unspecified atom stereocenters. The average Bonchev–Trinajstić information content (AvgIpc) is 2.53. The molecule has 13 heavy (non-hydrogen) atoms. The molecular formula is C8H10N2O3. The maximum absolute atomic E-state index is 10.8. The van der Waals surface area contributed by atoms with Crippen LogP contribution < -0.4 is 0 Å². The van der Waals surface area contributed by atoms with Crippen LogP contribution in [0.2, 0.25) is 0 Å². The lowest BCUT2D eigenvalue weighted by atomic mass is 9.99. The molecule has 1 aromatic rings. The normalized spacial score (nSPS) is 26.0. The summed E-state index contributed by atoms with van der Waals surface area (Å²) in [6.45, 7) is 0. The molecule has 0 fully saturated rings. The van der Waals surface area contributed by atoms with Crippen LogP contribution in [0, 0.1) is 0 Å². The van der Waals surface area contributed by atoms with E-state index in [1.54, 1.807) is 13.2 Å². The van der Waals surface area contributed by atoms with Gasteiger partial charge in [-0.05, 0) is 12.8 Å². The Kier molecular flexibility index (Phi) is 1.47. The minimum absolute atomic E-state index is 0.223. The molecule has 2 rings (SSSR count). The summed E-state index contributed by atoms with van der Waals surface area (Å²) in [6, 6.07) is 0. The third-order valence-corrected chi connectivity index (χ3v) is 2.43. The van der Waals surface area contributed by atoms with Crippen molar-refractivity contribution < 1.29 is 15.0 Å². The fourth-order valence-electron chi connectivity index (χ4n) is 1.72. The summed E-state index contributed by atoms with van der Waals surface area (Å²) in [7, 11) is 1.71. The van der Waals surface area contributed by atoms with E-state index in [1.165, 1.54) is 4.68 Å². The standard InChI is InChI=1S/C8H10N2O3/c1-10-4-5-6(9-10)2-3-8(5,13)7(11)12/h4,13H,2-3H2,1H3,(H,11,12). The highest BCUT2D eigenvalue weighted by Gasteiger charge is 2.45. The van der Waals surface area contributed by atoms with Crippen LogP contribution in [-0.4, -0.2) is 26.0 Å². The van der Waals surface area contributed by atoms with Crippen molar-refractivity contribution in [1.29, 1.82) is 0 Å². The number of aliphatic carboxylic acids is 1. The number of rotatable bonds is 1. The zero-order valence-electron chi connectivity index (χ0n) is 7.19. The lowest BCUT2D eigenvalue weighted by Crippen LogP contribution is -2.32. The Labute approximate surface area is 74.6 Å². The Morgan fingerprint density at radius 3 is 3.08 bits per heavy atom. The van der Waals surface area contributed by atoms with Gasteiger partial charge in [-0.2, -0.15) is 5.10 Å². The topological polar surface area (TPSA) is 75.3 Å². The second-order valence-electron chi connectivity index (χ2n) is 3.33. The molecule has 0 aliphatic heterocycles. The molecule has 1 aliphatic carbocycles. The number of aromatic nitrogens is 2. The lowest BCUT2D eigenvalue weighted by molar-refractivity contribution is -0.159. The molecule has 0 saturated heterocycles. The van der Waals surface area contributed by atoms with Gasteiger partial charge in [0.1, 0.15) is 0 Å². The maximum Gasteiger partial charge on any atom is 0.340 e. The van der Waals surface area contributed by atoms with Gasteiger partial charge in [-0.1, -0.05) is 0 Å². The summed E-state index contributed by atoms with van der Waals surface area (Å²) in [6.07, 6.45) is 2.32. The van der Waals surface area contributed by atoms with E-state index in [9.17, 15) is 9.90 Å². The van der Waals surface area contributed by atoms with Gasteiger partial charge < -0.3 is 10.2 Å². The molecule has 1 aliphatic rings. The van der Waals surface area contributed by atoms with E-state index in [0.29, 0.717) is 17.7 Å². The highest BCUT2D eigenvalue weighted by atomic mass is 16.4. The summed E-state index contributed by atoms with van der Waals surface area (Å²) in [5, 5.41) is 22.7. The van der Waals surface area contributed by atoms with Crippen LogP contribution >= 0.6 is 0 Å². The number of hydrogen-bond donors (Lipinski definition) is 2. The van der Waals surface area contributed by atoms with Crippen LogP contribution in [0.5, 0.6) is 0 Å². The largest absolute Gasteiger partial charge is 0.479 e. The molecule has 70 valence electrons. The van der Waals surface area contributed by atoms with Crippen molar-refractivity contribution in [1.82, 2.24) is 9.78 Å². The van der Waals surface area contributed by atoms with Gasteiger partial charge in [0.15, 0.2) is 5.60 Å². The first-order valence-corrected chi connectivity index (χ1v) is 4.03. The van der Waals surface area contributed by atoms with Crippen molar-refractivity contribution in [3.63, 3.8) is 0 Å². The molecule has 0 saturated carbocycles. The summed E-state index contributed by atoms with van der Waals surface area (Å²) in [4.78, 5) is 10.8. The van der Waals surface area contributed by atoms with Gasteiger partial charge in [0, 0.05) is 18.8 Å². The number of hydrogen-bond acceptors (Lipinski definition) is 3. The zero-order chi connectivity index (χ0) is 9.64. The highest BCUT2D eigenvalue weighted by Crippen LogP contribution is 2.35. The summed E-state index contributed by atoms with van der Waals surface area (Å²) >= 11 is 0. The molecule has 5 heteroatoms. The fraction of sp³-hybridized carbons (Fsp3) is 0.500. The number of aliphatic hydroxyl groups is 1. The van der Waals surface area contributed by atoms with E-state index in [1.807, 2.05) is 0 Å². The second-order valence-corrected chi connectivity index (χ2v) is 3.33. The van der Waals surface area contributed by atoms with E-state index in [4.69, 9.17) is 5.11 Å². The van der Waals surface area contributed by atoms with Crippen LogP contribution in [0.4, 0.5) is 0 Å². The number of aryl methyl sites for hydroxylation is 2. The lowest BCUT2D eigenvalue weighted by Gasteiger charge is -2.15. The first-order chi connectivity index (χ1) is 6.04. The van der Waals surface area contributed by atoms with Crippen LogP contribution in [0.15, 0.2) is 6.20 Å². The number of carbonyl (C=O) groups is 1. The van der Waals surface area contributed by atoms with Crippen LogP contribution in [0.1, 0.15) is 17.7 Å². The fourth-order valence-corrected chi connectivity index (χ4v) is 1.72. The van der Waals surface area contributed by atoms with Crippen molar-refractivity contribution in [3.8, 4) is 0 Å². The Balaban J connectivity index is 2.53. The average molecular weight is 182 g/mol. The van der Waals surface area contributed by atoms with Crippen molar-refractivity contribution >= 4 is 5.97 Å². The van der Waals surface area contributed by atoms with Gasteiger partial charge in [-0.25, -0.2) is 4.79 Å². The predicted molar refractivity (Wildman–Crippen MR) is 43.1 cm³/mol. The van der Waals surface area contributed by atoms with Gasteiger partial charge in [0.05, 0.1) is 5.69 Å². The van der Waals surface area contributed by atoms with Gasteiger partial charge >= 0.3 is 5.97 Å². The number of carboxylic acids is 1. The molecule has 1 aromatic heterocycles. The van der Waals surface area contributed by atoms with E-state index < -0.39 is 11.6 Å². The molecule has 5 nitrogen and oxygen atoms in total. The molecule has 1 atom stereocenters. The zero-order valence-corrected chi connectivity index (χ0v) is 7.19. The molecule has 0 radical (unpaired) electrons. The van der Waals surface area contributed by atoms with E-state index in [2.05, 4.69) is 5.10 Å². The van der Waals surface area contributed by atoms with Gasteiger partial charge in [-0.3, -0.25) is 4.68 Å². The molecular weight excluding hydrogens is 172 g/mol. The molecule has 0 bridgehead atoms. The summed E-state index contributed by atoms with van der Waals surface area (Å²) in [5.74, 6) is -1.20. The van der Waals surface area contributed by atoms with E-state index in [0.717, 1.165) is 0 Å². The Bertz CT molecular complexity index is 371. The van der Waals surface area contributed by atoms with Crippen LogP contribution in [0.25, 0.3) is 0 Å². The molecule has 1 heterocycles. The number of fused-ring (bicyclic) bond motifs is 1. The molecule has 0 amide bonds. The SMILES string of the molecule is Cn1cc2c(n1)CCC2(O)C(=O)O.